The van der Waals surface area contributed by atoms with Crippen molar-refractivity contribution in [3.05, 3.63) is 30.2 Å². The zero-order chi connectivity index (χ0) is 11.5. The van der Waals surface area contributed by atoms with Crippen molar-refractivity contribution in [1.82, 2.24) is 20.2 Å². The number of H-pyrrole nitrogens is 1. The fourth-order valence-electron chi connectivity index (χ4n) is 1.35. The van der Waals surface area contributed by atoms with Crippen LogP contribution in [0.25, 0.3) is 11.5 Å². The summed E-state index contributed by atoms with van der Waals surface area (Å²) < 4.78 is 0. The van der Waals surface area contributed by atoms with Gasteiger partial charge in [-0.2, -0.15) is 5.10 Å². The van der Waals surface area contributed by atoms with Gasteiger partial charge in [0.15, 0.2) is 5.82 Å². The van der Waals surface area contributed by atoms with Crippen LogP contribution in [0.3, 0.4) is 0 Å². The Morgan fingerprint density at radius 3 is 2.75 bits per heavy atom. The SMILES string of the molecule is CC(C)C(N)c1nc(-c2ccccn2)n[nH]1. The van der Waals surface area contributed by atoms with Gasteiger partial charge in [0.2, 0.25) is 0 Å². The normalized spacial score (nSPS) is 13.0. The molecule has 0 amide bonds. The third-order valence-electron chi connectivity index (χ3n) is 2.43. The highest BCUT2D eigenvalue weighted by Gasteiger charge is 2.15. The zero-order valence-electron chi connectivity index (χ0n) is 9.38. The van der Waals surface area contributed by atoms with Crippen molar-refractivity contribution < 1.29 is 0 Å². The molecule has 0 saturated heterocycles. The quantitative estimate of drug-likeness (QED) is 0.816. The highest BCUT2D eigenvalue weighted by Crippen LogP contribution is 2.17. The summed E-state index contributed by atoms with van der Waals surface area (Å²) in [5.41, 5.74) is 6.73. The summed E-state index contributed by atoms with van der Waals surface area (Å²) in [6.07, 6.45) is 1.72. The molecular formula is C11H15N5. The van der Waals surface area contributed by atoms with Crippen molar-refractivity contribution in [3.63, 3.8) is 0 Å². The summed E-state index contributed by atoms with van der Waals surface area (Å²) >= 11 is 0. The molecule has 5 heteroatoms. The Morgan fingerprint density at radius 1 is 1.31 bits per heavy atom. The molecule has 0 aliphatic rings. The van der Waals surface area contributed by atoms with Crippen LogP contribution >= 0.6 is 0 Å². The molecule has 84 valence electrons. The van der Waals surface area contributed by atoms with Crippen molar-refractivity contribution >= 4 is 0 Å². The van der Waals surface area contributed by atoms with Crippen LogP contribution < -0.4 is 5.73 Å². The first-order chi connectivity index (χ1) is 7.68. The summed E-state index contributed by atoms with van der Waals surface area (Å²) in [5, 5.41) is 6.97. The number of pyridine rings is 1. The minimum atomic E-state index is -0.120. The number of nitrogens with one attached hydrogen (secondary N) is 1. The molecule has 0 aromatic carbocycles. The maximum atomic E-state index is 5.98. The summed E-state index contributed by atoms with van der Waals surface area (Å²) in [7, 11) is 0. The van der Waals surface area contributed by atoms with Crippen LogP contribution in [0.4, 0.5) is 0 Å². The first-order valence-corrected chi connectivity index (χ1v) is 5.27. The van der Waals surface area contributed by atoms with Gasteiger partial charge >= 0.3 is 0 Å². The Labute approximate surface area is 94.1 Å². The van der Waals surface area contributed by atoms with E-state index in [1.165, 1.54) is 0 Å². The average Bonchev–Trinajstić information content (AvgIpc) is 2.78. The molecule has 5 nitrogen and oxygen atoms in total. The van der Waals surface area contributed by atoms with Crippen LogP contribution in [0.5, 0.6) is 0 Å². The third-order valence-corrected chi connectivity index (χ3v) is 2.43. The van der Waals surface area contributed by atoms with Gasteiger partial charge in [0.1, 0.15) is 11.5 Å². The van der Waals surface area contributed by atoms with Crippen molar-refractivity contribution in [2.75, 3.05) is 0 Å². The van der Waals surface area contributed by atoms with Crippen LogP contribution in [0, 0.1) is 5.92 Å². The maximum absolute atomic E-state index is 5.98. The Morgan fingerprint density at radius 2 is 2.12 bits per heavy atom. The standard InChI is InChI=1S/C11H15N5/c1-7(2)9(12)11-14-10(15-16-11)8-5-3-4-6-13-8/h3-7,9H,12H2,1-2H3,(H,14,15,16). The summed E-state index contributed by atoms with van der Waals surface area (Å²) in [6, 6.07) is 5.51. The third kappa shape index (κ3) is 2.09. The van der Waals surface area contributed by atoms with Gasteiger partial charge in [-0.3, -0.25) is 10.1 Å². The molecule has 0 aliphatic carbocycles. The predicted molar refractivity (Wildman–Crippen MR) is 61.4 cm³/mol. The second-order valence-corrected chi connectivity index (χ2v) is 4.03. The molecule has 0 bridgehead atoms. The first-order valence-electron chi connectivity index (χ1n) is 5.27. The molecule has 16 heavy (non-hydrogen) atoms. The van der Waals surface area contributed by atoms with E-state index in [2.05, 4.69) is 20.2 Å². The number of nitrogens with two attached hydrogens (primary N) is 1. The second kappa shape index (κ2) is 4.40. The Bertz CT molecular complexity index is 448. The lowest BCUT2D eigenvalue weighted by Gasteiger charge is -2.10. The monoisotopic (exact) mass is 217 g/mol. The molecule has 3 N–H and O–H groups in total. The Balaban J connectivity index is 2.27. The van der Waals surface area contributed by atoms with Gasteiger partial charge in [-0.25, -0.2) is 4.98 Å². The van der Waals surface area contributed by atoms with Gasteiger partial charge in [-0.1, -0.05) is 19.9 Å². The summed E-state index contributed by atoms with van der Waals surface area (Å²) in [4.78, 5) is 8.53. The van der Waals surface area contributed by atoms with E-state index in [4.69, 9.17) is 5.73 Å². The zero-order valence-corrected chi connectivity index (χ0v) is 9.38. The van der Waals surface area contributed by atoms with E-state index in [-0.39, 0.29) is 6.04 Å². The van der Waals surface area contributed by atoms with E-state index in [1.807, 2.05) is 32.0 Å². The molecule has 2 aromatic heterocycles. The molecule has 1 unspecified atom stereocenters. The Hall–Kier alpha value is -1.75. The molecule has 2 aromatic rings. The lowest BCUT2D eigenvalue weighted by atomic mass is 10.1. The van der Waals surface area contributed by atoms with Crippen LogP contribution in [0.2, 0.25) is 0 Å². The number of rotatable bonds is 3. The number of nitrogens with zero attached hydrogens (tertiary/aromatic N) is 3. The van der Waals surface area contributed by atoms with Crippen LogP contribution in [-0.4, -0.2) is 20.2 Å². The van der Waals surface area contributed by atoms with Crippen molar-refractivity contribution in [2.45, 2.75) is 19.9 Å². The molecule has 0 saturated carbocycles. The van der Waals surface area contributed by atoms with Gasteiger partial charge in [0, 0.05) is 6.20 Å². The molecule has 0 fully saturated rings. The van der Waals surface area contributed by atoms with Gasteiger partial charge in [0.25, 0.3) is 0 Å². The van der Waals surface area contributed by atoms with Crippen LogP contribution in [-0.2, 0) is 0 Å². The number of aromatic nitrogens is 4. The van der Waals surface area contributed by atoms with E-state index in [1.54, 1.807) is 6.20 Å². The van der Waals surface area contributed by atoms with Gasteiger partial charge in [0.05, 0.1) is 6.04 Å². The number of hydrogen-bond acceptors (Lipinski definition) is 4. The van der Waals surface area contributed by atoms with E-state index in [0.29, 0.717) is 17.6 Å². The highest BCUT2D eigenvalue weighted by molar-refractivity contribution is 5.47. The van der Waals surface area contributed by atoms with Crippen molar-refractivity contribution in [3.8, 4) is 11.5 Å². The van der Waals surface area contributed by atoms with E-state index < -0.39 is 0 Å². The summed E-state index contributed by atoms with van der Waals surface area (Å²) in [5.74, 6) is 1.62. The molecule has 0 radical (unpaired) electrons. The second-order valence-electron chi connectivity index (χ2n) is 4.03. The topological polar surface area (TPSA) is 80.5 Å². The molecule has 0 aliphatic heterocycles. The van der Waals surface area contributed by atoms with Gasteiger partial charge in [-0.15, -0.1) is 0 Å². The smallest absolute Gasteiger partial charge is 0.199 e. The average molecular weight is 217 g/mol. The minimum Gasteiger partial charge on any atom is -0.321 e. The number of hydrogen-bond donors (Lipinski definition) is 2. The fraction of sp³-hybridized carbons (Fsp3) is 0.364. The maximum Gasteiger partial charge on any atom is 0.199 e. The molecule has 0 spiro atoms. The molecule has 2 heterocycles. The molecule has 1 atom stereocenters. The van der Waals surface area contributed by atoms with Crippen molar-refractivity contribution in [2.24, 2.45) is 11.7 Å². The van der Waals surface area contributed by atoms with Gasteiger partial charge in [-0.05, 0) is 18.1 Å². The number of aromatic amines is 1. The van der Waals surface area contributed by atoms with Gasteiger partial charge < -0.3 is 5.73 Å². The predicted octanol–water partition coefficient (Wildman–Crippen LogP) is 1.52. The molecule has 2 rings (SSSR count). The van der Waals surface area contributed by atoms with Crippen LogP contribution in [0.1, 0.15) is 25.7 Å². The highest BCUT2D eigenvalue weighted by atomic mass is 15.2. The van der Waals surface area contributed by atoms with Crippen molar-refractivity contribution in [1.29, 1.82) is 0 Å². The largest absolute Gasteiger partial charge is 0.321 e. The minimum absolute atomic E-state index is 0.120. The lowest BCUT2D eigenvalue weighted by Crippen LogP contribution is -2.18. The van der Waals surface area contributed by atoms with Crippen LogP contribution in [0.15, 0.2) is 24.4 Å². The molecular weight excluding hydrogens is 202 g/mol. The first kappa shape index (κ1) is 10.8. The Kier molecular flexibility index (Phi) is 2.96. The van der Waals surface area contributed by atoms with E-state index in [9.17, 15) is 0 Å². The lowest BCUT2D eigenvalue weighted by molar-refractivity contribution is 0.492. The van der Waals surface area contributed by atoms with E-state index >= 15 is 0 Å². The van der Waals surface area contributed by atoms with E-state index in [0.717, 1.165) is 5.69 Å². The summed E-state index contributed by atoms with van der Waals surface area (Å²) in [6.45, 7) is 4.10. The fourth-order valence-corrected chi connectivity index (χ4v) is 1.35.